The van der Waals surface area contributed by atoms with Gasteiger partial charge in [0.15, 0.2) is 11.2 Å². The summed E-state index contributed by atoms with van der Waals surface area (Å²) in [6.45, 7) is 0. The van der Waals surface area contributed by atoms with Crippen LogP contribution in [0, 0.1) is 0 Å². The van der Waals surface area contributed by atoms with Crippen LogP contribution in [0.25, 0.3) is 16.9 Å². The Morgan fingerprint density at radius 1 is 1.29 bits per heavy atom. The molecule has 7 heteroatoms. The summed E-state index contributed by atoms with van der Waals surface area (Å²) in [7, 11) is 3.68. The van der Waals surface area contributed by atoms with E-state index in [1.807, 2.05) is 44.4 Å². The minimum atomic E-state index is -0.271. The van der Waals surface area contributed by atoms with Gasteiger partial charge in [0.2, 0.25) is 5.95 Å². The predicted octanol–water partition coefficient (Wildman–Crippen LogP) is 1.33. The van der Waals surface area contributed by atoms with Crippen molar-refractivity contribution in [3.8, 4) is 5.69 Å². The second-order valence-corrected chi connectivity index (χ2v) is 4.72. The lowest BCUT2D eigenvalue weighted by molar-refractivity contribution is 0.642. The quantitative estimate of drug-likeness (QED) is 0.580. The lowest BCUT2D eigenvalue weighted by atomic mass is 10.3. The molecule has 0 bridgehead atoms. The fourth-order valence-electron chi connectivity index (χ4n) is 1.94. The largest absolute Gasteiger partial charge is 0.369 e. The number of hydrogen-bond donors (Lipinski definition) is 1. The van der Waals surface area contributed by atoms with Crippen LogP contribution in [0.2, 0.25) is 0 Å². The number of aromatic amines is 1. The number of benzene rings is 1. The van der Waals surface area contributed by atoms with Crippen LogP contribution in [0.4, 0.5) is 5.95 Å². The summed E-state index contributed by atoms with van der Waals surface area (Å²) in [6, 6.07) is 9.52. The molecule has 0 spiro atoms. The van der Waals surface area contributed by atoms with Crippen molar-refractivity contribution in [2.75, 3.05) is 14.1 Å². The van der Waals surface area contributed by atoms with Gasteiger partial charge in [0, 0.05) is 19.8 Å². The molecule has 2 heterocycles. The Hall–Kier alpha value is -2.96. The summed E-state index contributed by atoms with van der Waals surface area (Å²) >= 11 is 0. The van der Waals surface area contributed by atoms with E-state index in [0.29, 0.717) is 11.2 Å². The van der Waals surface area contributed by atoms with Crippen molar-refractivity contribution in [2.24, 2.45) is 4.99 Å². The number of rotatable bonds is 3. The monoisotopic (exact) mass is 282 g/mol. The molecule has 0 aliphatic carbocycles. The van der Waals surface area contributed by atoms with E-state index in [1.54, 1.807) is 22.1 Å². The lowest BCUT2D eigenvalue weighted by Crippen LogP contribution is -2.12. The number of para-hydroxylation sites is 1. The van der Waals surface area contributed by atoms with Gasteiger partial charge < -0.3 is 4.90 Å². The molecule has 7 nitrogen and oxygen atoms in total. The van der Waals surface area contributed by atoms with E-state index in [-0.39, 0.29) is 11.5 Å². The van der Waals surface area contributed by atoms with Gasteiger partial charge in [-0.3, -0.25) is 14.3 Å². The number of imidazole rings is 1. The molecule has 0 aliphatic rings. The maximum Gasteiger partial charge on any atom is 0.279 e. The molecule has 0 amide bonds. The van der Waals surface area contributed by atoms with E-state index in [9.17, 15) is 4.79 Å². The van der Waals surface area contributed by atoms with E-state index in [2.05, 4.69) is 19.9 Å². The molecule has 106 valence electrons. The number of aliphatic imine (C=N–C) groups is 1. The van der Waals surface area contributed by atoms with Crippen LogP contribution in [-0.4, -0.2) is 44.9 Å². The zero-order chi connectivity index (χ0) is 14.8. The smallest absolute Gasteiger partial charge is 0.279 e. The van der Waals surface area contributed by atoms with E-state index in [0.717, 1.165) is 5.69 Å². The highest BCUT2D eigenvalue weighted by Crippen LogP contribution is 2.14. The molecule has 1 aromatic carbocycles. The average Bonchev–Trinajstić information content (AvgIpc) is 2.90. The number of aromatic nitrogens is 4. The molecule has 0 atom stereocenters. The number of fused-ring (bicyclic) bond motifs is 1. The normalized spacial score (nSPS) is 11.3. The zero-order valence-corrected chi connectivity index (χ0v) is 11.7. The van der Waals surface area contributed by atoms with Crippen LogP contribution >= 0.6 is 0 Å². The first-order chi connectivity index (χ1) is 10.1. The molecule has 0 saturated carbocycles. The molecular weight excluding hydrogens is 268 g/mol. The SMILES string of the molecule is CN(C)/C=N/c1nc2ncn(-c3ccccc3)c2c(=O)[nH]1. The number of nitrogens with one attached hydrogen (secondary N) is 1. The molecule has 0 radical (unpaired) electrons. The Labute approximate surface area is 120 Å². The summed E-state index contributed by atoms with van der Waals surface area (Å²) < 4.78 is 1.71. The molecule has 21 heavy (non-hydrogen) atoms. The summed E-state index contributed by atoms with van der Waals surface area (Å²) in [5, 5.41) is 0. The highest BCUT2D eigenvalue weighted by molar-refractivity contribution is 5.73. The van der Waals surface area contributed by atoms with Crippen molar-refractivity contribution in [1.82, 2.24) is 24.4 Å². The third-order valence-electron chi connectivity index (χ3n) is 2.85. The zero-order valence-electron chi connectivity index (χ0n) is 11.7. The number of H-pyrrole nitrogens is 1. The molecule has 1 N–H and O–H groups in total. The third kappa shape index (κ3) is 2.53. The fourth-order valence-corrected chi connectivity index (χ4v) is 1.94. The van der Waals surface area contributed by atoms with Crippen molar-refractivity contribution in [1.29, 1.82) is 0 Å². The molecule has 0 aliphatic heterocycles. The molecule has 0 fully saturated rings. The van der Waals surface area contributed by atoms with E-state index in [4.69, 9.17) is 0 Å². The van der Waals surface area contributed by atoms with E-state index < -0.39 is 0 Å². The Balaban J connectivity index is 2.14. The van der Waals surface area contributed by atoms with Gasteiger partial charge in [-0.05, 0) is 12.1 Å². The van der Waals surface area contributed by atoms with Gasteiger partial charge >= 0.3 is 0 Å². The molecule has 0 saturated heterocycles. The molecule has 2 aromatic heterocycles. The summed E-state index contributed by atoms with van der Waals surface area (Å²) in [5.41, 5.74) is 1.36. The summed E-state index contributed by atoms with van der Waals surface area (Å²) in [5.74, 6) is 0.236. The highest BCUT2D eigenvalue weighted by atomic mass is 16.1. The summed E-state index contributed by atoms with van der Waals surface area (Å²) in [4.78, 5) is 29.2. The van der Waals surface area contributed by atoms with Crippen LogP contribution < -0.4 is 5.56 Å². The van der Waals surface area contributed by atoms with Gasteiger partial charge in [-0.15, -0.1) is 0 Å². The Bertz CT molecular complexity index is 847. The topological polar surface area (TPSA) is 79.2 Å². The second-order valence-electron chi connectivity index (χ2n) is 4.72. The van der Waals surface area contributed by atoms with E-state index in [1.165, 1.54) is 0 Å². The molecule has 0 unspecified atom stereocenters. The molecule has 3 rings (SSSR count). The third-order valence-corrected chi connectivity index (χ3v) is 2.85. The first-order valence-electron chi connectivity index (χ1n) is 6.38. The lowest BCUT2D eigenvalue weighted by Gasteiger charge is -2.03. The fraction of sp³-hybridized carbons (Fsp3) is 0.143. The van der Waals surface area contributed by atoms with Crippen molar-refractivity contribution in [3.05, 3.63) is 47.0 Å². The Kier molecular flexibility index (Phi) is 3.23. The minimum Gasteiger partial charge on any atom is -0.369 e. The highest BCUT2D eigenvalue weighted by Gasteiger charge is 2.11. The van der Waals surface area contributed by atoms with Gasteiger partial charge in [-0.25, -0.2) is 9.98 Å². The van der Waals surface area contributed by atoms with Crippen molar-refractivity contribution >= 4 is 23.5 Å². The minimum absolute atomic E-state index is 0.236. The first-order valence-corrected chi connectivity index (χ1v) is 6.38. The van der Waals surface area contributed by atoms with Crippen molar-refractivity contribution < 1.29 is 0 Å². The number of nitrogens with zero attached hydrogens (tertiary/aromatic N) is 5. The maximum atomic E-state index is 12.3. The van der Waals surface area contributed by atoms with Crippen LogP contribution in [0.5, 0.6) is 0 Å². The van der Waals surface area contributed by atoms with Crippen molar-refractivity contribution in [3.63, 3.8) is 0 Å². The van der Waals surface area contributed by atoms with Gasteiger partial charge in [-0.1, -0.05) is 18.2 Å². The van der Waals surface area contributed by atoms with E-state index >= 15 is 0 Å². The maximum absolute atomic E-state index is 12.3. The van der Waals surface area contributed by atoms with Gasteiger partial charge in [-0.2, -0.15) is 4.98 Å². The average molecular weight is 282 g/mol. The summed E-state index contributed by atoms with van der Waals surface area (Å²) in [6.07, 6.45) is 3.15. The second kappa shape index (κ2) is 5.20. The Morgan fingerprint density at radius 2 is 2.05 bits per heavy atom. The molecular formula is C14H14N6O. The molecule has 3 aromatic rings. The van der Waals surface area contributed by atoms with Crippen LogP contribution in [0.15, 0.2) is 46.4 Å². The van der Waals surface area contributed by atoms with Crippen LogP contribution in [-0.2, 0) is 0 Å². The van der Waals surface area contributed by atoms with Gasteiger partial charge in [0.25, 0.3) is 5.56 Å². The van der Waals surface area contributed by atoms with Crippen molar-refractivity contribution in [2.45, 2.75) is 0 Å². The first kappa shape index (κ1) is 13.0. The Morgan fingerprint density at radius 3 is 2.76 bits per heavy atom. The standard InChI is InChI=1S/C14H14N6O/c1-19(2)8-16-14-17-12-11(13(21)18-14)20(9-15-12)10-6-4-3-5-7-10/h3-9H,1-2H3,(H,17,18,21)/b16-8+. The predicted molar refractivity (Wildman–Crippen MR) is 81.3 cm³/mol. The number of hydrogen-bond acceptors (Lipinski definition) is 4. The van der Waals surface area contributed by atoms with Gasteiger partial charge in [0.1, 0.15) is 6.33 Å². The van der Waals surface area contributed by atoms with Crippen LogP contribution in [0.3, 0.4) is 0 Å². The van der Waals surface area contributed by atoms with Crippen LogP contribution in [0.1, 0.15) is 0 Å². The van der Waals surface area contributed by atoms with Gasteiger partial charge in [0.05, 0.1) is 6.34 Å².